The number of carbonyl (C=O) groups excluding carboxylic acids is 2. The Bertz CT molecular complexity index is 525. The summed E-state index contributed by atoms with van der Waals surface area (Å²) in [5.41, 5.74) is 2.21. The summed E-state index contributed by atoms with van der Waals surface area (Å²) in [4.78, 5) is 32.8. The van der Waals surface area contributed by atoms with Crippen molar-refractivity contribution in [1.82, 2.24) is 0 Å². The second-order valence-corrected chi connectivity index (χ2v) is 4.04. The molecule has 6 heteroatoms. The lowest BCUT2D eigenvalue weighted by Crippen LogP contribution is -2.20. The zero-order valence-electron chi connectivity index (χ0n) is 9.53. The SMILES string of the molecule is O=C(O)CC(=O)Nc1ccc2c(c1)CCC(=O)N2. The number of anilines is 2. The third-order valence-electron chi connectivity index (χ3n) is 2.60. The molecule has 1 aliphatic rings. The van der Waals surface area contributed by atoms with Crippen LogP contribution in [0.1, 0.15) is 18.4 Å². The van der Waals surface area contributed by atoms with Gasteiger partial charge in [-0.05, 0) is 30.2 Å². The molecule has 0 saturated heterocycles. The number of benzene rings is 1. The molecule has 1 aromatic rings. The maximum atomic E-state index is 11.3. The van der Waals surface area contributed by atoms with Crippen molar-refractivity contribution in [3.63, 3.8) is 0 Å². The molecule has 3 N–H and O–H groups in total. The van der Waals surface area contributed by atoms with Gasteiger partial charge in [0, 0.05) is 17.8 Å². The number of amides is 2. The third kappa shape index (κ3) is 2.85. The number of aryl methyl sites for hydroxylation is 1. The summed E-state index contributed by atoms with van der Waals surface area (Å²) in [6, 6.07) is 5.07. The zero-order chi connectivity index (χ0) is 13.1. The Kier molecular flexibility index (Phi) is 3.27. The Morgan fingerprint density at radius 3 is 2.83 bits per heavy atom. The minimum Gasteiger partial charge on any atom is -0.481 e. The van der Waals surface area contributed by atoms with Crippen molar-refractivity contribution in [1.29, 1.82) is 0 Å². The Labute approximate surface area is 103 Å². The first kappa shape index (κ1) is 12.1. The molecule has 1 heterocycles. The predicted octanol–water partition coefficient (Wildman–Crippen LogP) is 0.984. The Balaban J connectivity index is 2.09. The molecule has 0 saturated carbocycles. The van der Waals surface area contributed by atoms with E-state index in [4.69, 9.17) is 5.11 Å². The summed E-state index contributed by atoms with van der Waals surface area (Å²) in [6.07, 6.45) is 0.469. The fourth-order valence-corrected chi connectivity index (χ4v) is 1.80. The van der Waals surface area contributed by atoms with Crippen LogP contribution in [0.3, 0.4) is 0 Å². The molecule has 0 bridgehead atoms. The van der Waals surface area contributed by atoms with Gasteiger partial charge in [0.1, 0.15) is 6.42 Å². The van der Waals surface area contributed by atoms with Crippen molar-refractivity contribution < 1.29 is 19.5 Å². The van der Waals surface area contributed by atoms with Crippen molar-refractivity contribution >= 4 is 29.2 Å². The van der Waals surface area contributed by atoms with Gasteiger partial charge in [-0.2, -0.15) is 0 Å². The van der Waals surface area contributed by atoms with E-state index in [-0.39, 0.29) is 5.91 Å². The average molecular weight is 248 g/mol. The Morgan fingerprint density at radius 1 is 1.33 bits per heavy atom. The molecule has 1 aromatic carbocycles. The molecule has 18 heavy (non-hydrogen) atoms. The van der Waals surface area contributed by atoms with Crippen LogP contribution >= 0.6 is 0 Å². The van der Waals surface area contributed by atoms with Gasteiger partial charge < -0.3 is 15.7 Å². The minimum absolute atomic E-state index is 0.0230. The van der Waals surface area contributed by atoms with Crippen molar-refractivity contribution in [2.45, 2.75) is 19.3 Å². The molecule has 0 aliphatic carbocycles. The number of hydrogen-bond donors (Lipinski definition) is 3. The lowest BCUT2D eigenvalue weighted by molar-refractivity contribution is -0.139. The second kappa shape index (κ2) is 4.87. The van der Waals surface area contributed by atoms with Crippen LogP contribution in [0, 0.1) is 0 Å². The van der Waals surface area contributed by atoms with Gasteiger partial charge >= 0.3 is 5.97 Å². The van der Waals surface area contributed by atoms with Crippen LogP contribution in [0.15, 0.2) is 18.2 Å². The van der Waals surface area contributed by atoms with Gasteiger partial charge in [-0.25, -0.2) is 0 Å². The highest BCUT2D eigenvalue weighted by molar-refractivity contribution is 6.01. The normalized spacial score (nSPS) is 13.4. The highest BCUT2D eigenvalue weighted by Crippen LogP contribution is 2.25. The van der Waals surface area contributed by atoms with Crippen molar-refractivity contribution in [2.24, 2.45) is 0 Å². The molecule has 0 atom stereocenters. The number of carboxylic acids is 1. The largest absolute Gasteiger partial charge is 0.481 e. The van der Waals surface area contributed by atoms with E-state index in [9.17, 15) is 14.4 Å². The van der Waals surface area contributed by atoms with Gasteiger partial charge in [0.05, 0.1) is 0 Å². The van der Waals surface area contributed by atoms with Crippen molar-refractivity contribution in [3.8, 4) is 0 Å². The van der Waals surface area contributed by atoms with Crippen LogP contribution in [-0.2, 0) is 20.8 Å². The molecule has 0 aromatic heterocycles. The second-order valence-electron chi connectivity index (χ2n) is 4.04. The Hall–Kier alpha value is -2.37. The number of rotatable bonds is 3. The molecular formula is C12H12N2O4. The van der Waals surface area contributed by atoms with Crippen LogP contribution in [0.25, 0.3) is 0 Å². The fourth-order valence-electron chi connectivity index (χ4n) is 1.80. The van der Waals surface area contributed by atoms with Crippen LogP contribution in [0.5, 0.6) is 0 Å². The molecule has 0 radical (unpaired) electrons. The standard InChI is InChI=1S/C12H12N2O4/c15-10-4-1-7-5-8(2-3-9(7)14-10)13-11(16)6-12(17)18/h2-3,5H,1,4,6H2,(H,13,16)(H,14,15)(H,17,18). The van der Waals surface area contributed by atoms with E-state index >= 15 is 0 Å². The molecule has 2 rings (SSSR count). The number of fused-ring (bicyclic) bond motifs is 1. The van der Waals surface area contributed by atoms with Gasteiger partial charge in [-0.1, -0.05) is 0 Å². The lowest BCUT2D eigenvalue weighted by atomic mass is 10.0. The predicted molar refractivity (Wildman–Crippen MR) is 64.3 cm³/mol. The minimum atomic E-state index is -1.17. The van der Waals surface area contributed by atoms with Crippen molar-refractivity contribution in [3.05, 3.63) is 23.8 Å². The number of nitrogens with one attached hydrogen (secondary N) is 2. The maximum absolute atomic E-state index is 11.3. The van der Waals surface area contributed by atoms with E-state index in [1.807, 2.05) is 0 Å². The van der Waals surface area contributed by atoms with Gasteiger partial charge in [0.15, 0.2) is 0 Å². The summed E-state index contributed by atoms with van der Waals surface area (Å²) in [5.74, 6) is -1.76. The number of aliphatic carboxylic acids is 1. The van der Waals surface area contributed by atoms with Crippen LogP contribution in [0.2, 0.25) is 0 Å². The van der Waals surface area contributed by atoms with Crippen LogP contribution in [0.4, 0.5) is 11.4 Å². The van der Waals surface area contributed by atoms with E-state index in [0.717, 1.165) is 11.3 Å². The first-order chi connectivity index (χ1) is 8.54. The quantitative estimate of drug-likeness (QED) is 0.695. The summed E-state index contributed by atoms with van der Waals surface area (Å²) >= 11 is 0. The van der Waals surface area contributed by atoms with E-state index in [2.05, 4.69) is 10.6 Å². The number of hydrogen-bond acceptors (Lipinski definition) is 3. The smallest absolute Gasteiger partial charge is 0.312 e. The molecule has 6 nitrogen and oxygen atoms in total. The third-order valence-corrected chi connectivity index (χ3v) is 2.60. The molecule has 0 unspecified atom stereocenters. The van der Waals surface area contributed by atoms with E-state index in [0.29, 0.717) is 18.5 Å². The molecule has 2 amide bonds. The Morgan fingerprint density at radius 2 is 2.11 bits per heavy atom. The van der Waals surface area contributed by atoms with E-state index in [1.165, 1.54) is 0 Å². The van der Waals surface area contributed by atoms with Crippen LogP contribution in [-0.4, -0.2) is 22.9 Å². The summed E-state index contributed by atoms with van der Waals surface area (Å²) in [6.45, 7) is 0. The molecule has 0 spiro atoms. The average Bonchev–Trinajstić information content (AvgIpc) is 2.28. The first-order valence-electron chi connectivity index (χ1n) is 5.49. The van der Waals surface area contributed by atoms with E-state index < -0.39 is 18.3 Å². The molecule has 1 aliphatic heterocycles. The maximum Gasteiger partial charge on any atom is 0.312 e. The van der Waals surface area contributed by atoms with Crippen molar-refractivity contribution in [2.75, 3.05) is 10.6 Å². The van der Waals surface area contributed by atoms with Gasteiger partial charge in [-0.15, -0.1) is 0 Å². The molecule has 94 valence electrons. The van der Waals surface area contributed by atoms with Crippen LogP contribution < -0.4 is 10.6 Å². The lowest BCUT2D eigenvalue weighted by Gasteiger charge is -2.17. The number of carboxylic acid groups (broad SMARTS) is 1. The summed E-state index contributed by atoms with van der Waals surface area (Å²) in [7, 11) is 0. The summed E-state index contributed by atoms with van der Waals surface area (Å²) in [5, 5.41) is 13.7. The molecular weight excluding hydrogens is 236 g/mol. The topological polar surface area (TPSA) is 95.5 Å². The first-order valence-corrected chi connectivity index (χ1v) is 5.49. The van der Waals surface area contributed by atoms with Gasteiger partial charge in [-0.3, -0.25) is 14.4 Å². The van der Waals surface area contributed by atoms with E-state index in [1.54, 1.807) is 18.2 Å². The monoisotopic (exact) mass is 248 g/mol. The molecule has 0 fully saturated rings. The highest BCUT2D eigenvalue weighted by Gasteiger charge is 2.15. The van der Waals surface area contributed by atoms with Gasteiger partial charge in [0.25, 0.3) is 0 Å². The fraction of sp³-hybridized carbons (Fsp3) is 0.250. The highest BCUT2D eigenvalue weighted by atomic mass is 16.4. The number of carbonyl (C=O) groups is 3. The summed E-state index contributed by atoms with van der Waals surface area (Å²) < 4.78 is 0. The zero-order valence-corrected chi connectivity index (χ0v) is 9.53. The van der Waals surface area contributed by atoms with Gasteiger partial charge in [0.2, 0.25) is 11.8 Å².